The molecule has 188 valence electrons. The number of pyridine rings is 1. The van der Waals surface area contributed by atoms with Crippen molar-refractivity contribution < 1.29 is 13.2 Å². The topological polar surface area (TPSA) is 91.4 Å². The van der Waals surface area contributed by atoms with E-state index >= 15 is 0 Å². The highest BCUT2D eigenvalue weighted by molar-refractivity contribution is 7.92. The number of nitrogens with one attached hydrogen (secondary N) is 2. The zero-order valence-corrected chi connectivity index (χ0v) is 21.4. The van der Waals surface area contributed by atoms with Crippen molar-refractivity contribution in [3.63, 3.8) is 0 Å². The fourth-order valence-corrected chi connectivity index (χ4v) is 7.75. The molecule has 3 aliphatic rings. The summed E-state index contributed by atoms with van der Waals surface area (Å²) in [5, 5.41) is 5.88. The Morgan fingerprint density at radius 1 is 1.06 bits per heavy atom. The normalized spacial score (nSPS) is 20.0. The number of benzene rings is 1. The molecule has 2 aliphatic carbocycles. The number of amides is 1. The molecular weight excluding hydrogens is 460 g/mol. The molecule has 1 aliphatic heterocycles. The first kappa shape index (κ1) is 24.1. The van der Waals surface area contributed by atoms with Gasteiger partial charge in [0, 0.05) is 25.3 Å². The second-order valence-electron chi connectivity index (χ2n) is 10.4. The maximum atomic E-state index is 13.4. The van der Waals surface area contributed by atoms with E-state index in [0.29, 0.717) is 35.3 Å². The average molecular weight is 497 g/mol. The van der Waals surface area contributed by atoms with Crippen LogP contribution in [-0.4, -0.2) is 44.2 Å². The van der Waals surface area contributed by atoms with Crippen LogP contribution in [0.4, 0.5) is 17.3 Å². The summed E-state index contributed by atoms with van der Waals surface area (Å²) in [5.41, 5.74) is 1.51. The second kappa shape index (κ2) is 9.80. The third kappa shape index (κ3) is 4.90. The SMILES string of the molecule is CCNc1ccc(C(=O)Nc2cccc(S(=O)(=O)C3CCCC3)c2)c(N2CCC3(CCC3)CC2)n1. The van der Waals surface area contributed by atoms with Crippen molar-refractivity contribution in [1.29, 1.82) is 0 Å². The summed E-state index contributed by atoms with van der Waals surface area (Å²) in [7, 11) is -3.39. The van der Waals surface area contributed by atoms with Gasteiger partial charge in [-0.05, 0) is 81.2 Å². The molecule has 7 nitrogen and oxygen atoms in total. The first-order chi connectivity index (χ1) is 16.9. The molecule has 0 bridgehead atoms. The molecule has 0 unspecified atom stereocenters. The molecule has 1 amide bonds. The van der Waals surface area contributed by atoms with Gasteiger partial charge in [-0.3, -0.25) is 4.79 Å². The number of anilines is 3. The van der Waals surface area contributed by atoms with Crippen LogP contribution >= 0.6 is 0 Å². The lowest BCUT2D eigenvalue weighted by atomic mass is 9.63. The molecule has 2 N–H and O–H groups in total. The molecule has 1 saturated heterocycles. The number of hydrogen-bond donors (Lipinski definition) is 2. The molecule has 0 radical (unpaired) electrons. The Morgan fingerprint density at radius 3 is 2.46 bits per heavy atom. The van der Waals surface area contributed by atoms with Gasteiger partial charge in [0.1, 0.15) is 11.6 Å². The van der Waals surface area contributed by atoms with Crippen molar-refractivity contribution in [2.45, 2.75) is 74.9 Å². The summed E-state index contributed by atoms with van der Waals surface area (Å²) in [4.78, 5) is 20.7. The second-order valence-corrected chi connectivity index (χ2v) is 12.6. The van der Waals surface area contributed by atoms with Crippen molar-refractivity contribution >= 4 is 33.1 Å². The van der Waals surface area contributed by atoms with E-state index in [4.69, 9.17) is 4.98 Å². The minimum absolute atomic E-state index is 0.269. The molecule has 0 atom stereocenters. The number of hydrogen-bond acceptors (Lipinski definition) is 6. The quantitative estimate of drug-likeness (QED) is 0.544. The molecule has 1 spiro atoms. The highest BCUT2D eigenvalue weighted by Gasteiger charge is 2.40. The van der Waals surface area contributed by atoms with E-state index in [1.165, 1.54) is 19.3 Å². The van der Waals surface area contributed by atoms with Crippen LogP contribution in [0.25, 0.3) is 0 Å². The van der Waals surface area contributed by atoms with Crippen LogP contribution < -0.4 is 15.5 Å². The van der Waals surface area contributed by atoms with Gasteiger partial charge in [-0.15, -0.1) is 0 Å². The molecular formula is C27H36N4O3S. The first-order valence-corrected chi connectivity index (χ1v) is 14.6. The number of rotatable bonds is 7. The summed E-state index contributed by atoms with van der Waals surface area (Å²) >= 11 is 0. The monoisotopic (exact) mass is 496 g/mol. The fraction of sp³-hybridized carbons (Fsp3) is 0.556. The zero-order valence-electron chi connectivity index (χ0n) is 20.6. The number of carbonyl (C=O) groups excluding carboxylic acids is 1. The number of nitrogens with zero attached hydrogens (tertiary/aromatic N) is 2. The molecule has 8 heteroatoms. The van der Waals surface area contributed by atoms with Gasteiger partial charge >= 0.3 is 0 Å². The van der Waals surface area contributed by atoms with E-state index < -0.39 is 9.84 Å². The maximum Gasteiger partial charge on any atom is 0.259 e. The van der Waals surface area contributed by atoms with Crippen molar-refractivity contribution in [1.82, 2.24) is 4.98 Å². The molecule has 1 aromatic carbocycles. The van der Waals surface area contributed by atoms with Crippen LogP contribution in [0, 0.1) is 5.41 Å². The average Bonchev–Trinajstić information content (AvgIpc) is 3.40. The van der Waals surface area contributed by atoms with Crippen molar-refractivity contribution in [2.75, 3.05) is 35.2 Å². The lowest BCUT2D eigenvalue weighted by molar-refractivity contribution is 0.0950. The number of sulfone groups is 1. The van der Waals surface area contributed by atoms with Gasteiger partial charge in [-0.2, -0.15) is 0 Å². The van der Waals surface area contributed by atoms with Crippen LogP contribution in [0.15, 0.2) is 41.3 Å². The van der Waals surface area contributed by atoms with Crippen LogP contribution in [0.5, 0.6) is 0 Å². The van der Waals surface area contributed by atoms with E-state index in [1.54, 1.807) is 24.3 Å². The van der Waals surface area contributed by atoms with E-state index in [2.05, 4.69) is 15.5 Å². The Hall–Kier alpha value is -2.61. The molecule has 2 heterocycles. The van der Waals surface area contributed by atoms with Crippen LogP contribution in [0.3, 0.4) is 0 Å². The minimum Gasteiger partial charge on any atom is -0.370 e. The fourth-order valence-electron chi connectivity index (χ4n) is 5.86. The highest BCUT2D eigenvalue weighted by Crippen LogP contribution is 2.49. The molecule has 35 heavy (non-hydrogen) atoms. The summed E-state index contributed by atoms with van der Waals surface area (Å²) in [5.74, 6) is 1.19. The van der Waals surface area contributed by atoms with Gasteiger partial charge < -0.3 is 15.5 Å². The van der Waals surface area contributed by atoms with Gasteiger partial charge in [0.05, 0.1) is 15.7 Å². The molecule has 2 aromatic rings. The first-order valence-electron chi connectivity index (χ1n) is 13.1. The summed E-state index contributed by atoms with van der Waals surface area (Å²) in [6.07, 6.45) is 9.58. The summed E-state index contributed by atoms with van der Waals surface area (Å²) < 4.78 is 26.1. The molecule has 3 fully saturated rings. The van der Waals surface area contributed by atoms with Crippen molar-refractivity contribution in [3.8, 4) is 0 Å². The molecule has 2 saturated carbocycles. The third-order valence-corrected chi connectivity index (χ3v) is 10.4. The smallest absolute Gasteiger partial charge is 0.259 e. The number of carbonyl (C=O) groups is 1. The number of aromatic nitrogens is 1. The standard InChI is InChI=1S/C27H36N4O3S/c1-2-28-24-12-11-23(25(30-24)31-17-15-27(16-18-31)13-6-14-27)26(32)29-20-7-5-10-22(19-20)35(33,34)21-8-3-4-9-21/h5,7,10-12,19,21H,2-4,6,8-9,13-18H2,1H3,(H,28,30)(H,29,32). The number of piperidine rings is 1. The van der Waals surface area contributed by atoms with E-state index in [0.717, 1.165) is 51.1 Å². The maximum absolute atomic E-state index is 13.4. The summed E-state index contributed by atoms with van der Waals surface area (Å²) in [6.45, 7) is 4.58. The largest absolute Gasteiger partial charge is 0.370 e. The lowest BCUT2D eigenvalue weighted by Crippen LogP contribution is -2.44. The predicted molar refractivity (Wildman–Crippen MR) is 140 cm³/mol. The van der Waals surface area contributed by atoms with E-state index in [1.807, 2.05) is 19.1 Å². The predicted octanol–water partition coefficient (Wildman–Crippen LogP) is 5.25. The van der Waals surface area contributed by atoms with Gasteiger partial charge in [0.15, 0.2) is 9.84 Å². The van der Waals surface area contributed by atoms with Gasteiger partial charge in [0.2, 0.25) is 0 Å². The van der Waals surface area contributed by atoms with E-state index in [9.17, 15) is 13.2 Å². The van der Waals surface area contributed by atoms with Gasteiger partial charge in [-0.25, -0.2) is 13.4 Å². The van der Waals surface area contributed by atoms with Crippen LogP contribution in [-0.2, 0) is 9.84 Å². The van der Waals surface area contributed by atoms with Gasteiger partial charge in [0.25, 0.3) is 5.91 Å². The van der Waals surface area contributed by atoms with E-state index in [-0.39, 0.29) is 16.1 Å². The van der Waals surface area contributed by atoms with Gasteiger partial charge in [-0.1, -0.05) is 25.3 Å². The van der Waals surface area contributed by atoms with Crippen LogP contribution in [0.2, 0.25) is 0 Å². The Morgan fingerprint density at radius 2 is 1.80 bits per heavy atom. The Bertz CT molecular complexity index is 1180. The summed E-state index contributed by atoms with van der Waals surface area (Å²) in [6, 6.07) is 10.3. The third-order valence-electron chi connectivity index (χ3n) is 8.18. The zero-order chi connectivity index (χ0) is 24.5. The minimum atomic E-state index is -3.39. The molecule has 5 rings (SSSR count). The Balaban J connectivity index is 1.37. The van der Waals surface area contributed by atoms with Crippen molar-refractivity contribution in [2.24, 2.45) is 5.41 Å². The lowest BCUT2D eigenvalue weighted by Gasteiger charge is -2.48. The Labute approximate surface area is 208 Å². The Kier molecular flexibility index (Phi) is 6.75. The van der Waals surface area contributed by atoms with Crippen molar-refractivity contribution in [3.05, 3.63) is 42.0 Å². The molecule has 1 aromatic heterocycles. The van der Waals surface area contributed by atoms with Crippen LogP contribution in [0.1, 0.15) is 75.1 Å². The highest BCUT2D eigenvalue weighted by atomic mass is 32.2.